The van der Waals surface area contributed by atoms with Gasteiger partial charge in [0.15, 0.2) is 0 Å². The van der Waals surface area contributed by atoms with Gasteiger partial charge >= 0.3 is 0 Å². The molecule has 1 N–H and O–H groups in total. The number of nitrogens with zero attached hydrogens (tertiary/aromatic N) is 2. The molecule has 1 heterocycles. The van der Waals surface area contributed by atoms with Crippen LogP contribution in [0.25, 0.3) is 0 Å². The Kier molecular flexibility index (Phi) is 5.25. The van der Waals surface area contributed by atoms with Gasteiger partial charge in [-0.2, -0.15) is 5.10 Å². The van der Waals surface area contributed by atoms with E-state index in [9.17, 15) is 0 Å². The van der Waals surface area contributed by atoms with Gasteiger partial charge in [-0.1, -0.05) is 0 Å². The molecule has 4 nitrogen and oxygen atoms in total. The Morgan fingerprint density at radius 2 is 2.50 bits per heavy atom. The fraction of sp³-hybridized carbons (Fsp3) is 0.556. The second-order valence-electron chi connectivity index (χ2n) is 2.88. The Hall–Kier alpha value is -0.870. The Balaban J connectivity index is 2.16. The maximum atomic E-state index is 5.95. The van der Waals surface area contributed by atoms with E-state index in [1.807, 2.05) is 12.1 Å². The summed E-state index contributed by atoms with van der Waals surface area (Å²) >= 11 is 5.95. The van der Waals surface area contributed by atoms with Crippen molar-refractivity contribution in [1.82, 2.24) is 10.2 Å². The maximum Gasteiger partial charge on any atom is 0.148 e. The summed E-state index contributed by atoms with van der Waals surface area (Å²) in [6.45, 7) is 1.35. The topological polar surface area (TPSA) is 47.0 Å². The van der Waals surface area contributed by atoms with Crippen LogP contribution in [0, 0.1) is 0 Å². The average molecular weight is 216 g/mol. The Morgan fingerprint density at radius 3 is 3.14 bits per heavy atom. The molecule has 0 radical (unpaired) electrons. The molecule has 1 aromatic heterocycles. The minimum Gasteiger partial charge on any atom is -0.383 e. The van der Waals surface area contributed by atoms with Crippen molar-refractivity contribution >= 4 is 17.4 Å². The fourth-order valence-corrected chi connectivity index (χ4v) is 1.25. The number of hydrogen-bond acceptors (Lipinski definition) is 4. The molecule has 0 saturated carbocycles. The summed E-state index contributed by atoms with van der Waals surface area (Å²) in [5.41, 5.74) is 0. The fourth-order valence-electron chi connectivity index (χ4n) is 1.02. The van der Waals surface area contributed by atoms with Crippen molar-refractivity contribution in [3.05, 3.63) is 18.3 Å². The molecule has 5 heteroatoms. The molecule has 1 unspecified atom stereocenters. The number of hydrogen-bond donors (Lipinski definition) is 1. The first kappa shape index (κ1) is 11.2. The highest BCUT2D eigenvalue weighted by Gasteiger charge is 2.02. The van der Waals surface area contributed by atoms with Gasteiger partial charge in [-0.25, -0.2) is 0 Å². The first-order valence-corrected chi connectivity index (χ1v) is 4.91. The van der Waals surface area contributed by atoms with E-state index in [2.05, 4.69) is 15.5 Å². The second kappa shape index (κ2) is 6.56. The first-order chi connectivity index (χ1) is 6.83. The van der Waals surface area contributed by atoms with E-state index in [-0.39, 0.29) is 5.38 Å². The molecule has 0 aliphatic heterocycles. The third-order valence-corrected chi connectivity index (χ3v) is 2.03. The van der Waals surface area contributed by atoms with E-state index in [1.54, 1.807) is 13.3 Å². The molecule has 78 valence electrons. The van der Waals surface area contributed by atoms with Gasteiger partial charge in [0.1, 0.15) is 5.82 Å². The van der Waals surface area contributed by atoms with Crippen molar-refractivity contribution in [3.8, 4) is 0 Å². The van der Waals surface area contributed by atoms with Gasteiger partial charge < -0.3 is 10.1 Å². The normalized spacial score (nSPS) is 12.4. The molecule has 1 rings (SSSR count). The summed E-state index contributed by atoms with van der Waals surface area (Å²) in [5, 5.41) is 10.8. The summed E-state index contributed by atoms with van der Waals surface area (Å²) in [6.07, 6.45) is 2.48. The molecule has 0 saturated heterocycles. The van der Waals surface area contributed by atoms with Crippen LogP contribution in [0.1, 0.15) is 6.42 Å². The van der Waals surface area contributed by atoms with Crippen molar-refractivity contribution in [3.63, 3.8) is 0 Å². The van der Waals surface area contributed by atoms with Crippen LogP contribution in [0.2, 0.25) is 0 Å². The monoisotopic (exact) mass is 215 g/mol. The van der Waals surface area contributed by atoms with Gasteiger partial charge in [0.2, 0.25) is 0 Å². The molecule has 0 fully saturated rings. The van der Waals surface area contributed by atoms with Crippen molar-refractivity contribution in [2.24, 2.45) is 0 Å². The SMILES string of the molecule is COCC(Cl)CCNc1cccnn1. The number of rotatable bonds is 6. The van der Waals surface area contributed by atoms with Gasteiger partial charge in [0.05, 0.1) is 12.0 Å². The highest BCUT2D eigenvalue weighted by Crippen LogP contribution is 2.04. The van der Waals surface area contributed by atoms with E-state index in [1.165, 1.54) is 0 Å². The Bertz CT molecular complexity index is 245. The third-order valence-electron chi connectivity index (χ3n) is 1.68. The lowest BCUT2D eigenvalue weighted by Gasteiger charge is -2.08. The molecule has 14 heavy (non-hydrogen) atoms. The molecule has 1 atom stereocenters. The summed E-state index contributed by atoms with van der Waals surface area (Å²) < 4.78 is 4.92. The number of aromatic nitrogens is 2. The number of anilines is 1. The zero-order valence-corrected chi connectivity index (χ0v) is 8.87. The molecule has 0 spiro atoms. The lowest BCUT2D eigenvalue weighted by molar-refractivity contribution is 0.196. The largest absolute Gasteiger partial charge is 0.383 e. The molecule has 0 bridgehead atoms. The smallest absolute Gasteiger partial charge is 0.148 e. The lowest BCUT2D eigenvalue weighted by atomic mass is 10.3. The molecule has 0 aliphatic rings. The van der Waals surface area contributed by atoms with Crippen molar-refractivity contribution in [1.29, 1.82) is 0 Å². The maximum absolute atomic E-state index is 5.95. The van der Waals surface area contributed by atoms with Gasteiger partial charge in [0.25, 0.3) is 0 Å². The highest BCUT2D eigenvalue weighted by atomic mass is 35.5. The molecule has 0 amide bonds. The number of methoxy groups -OCH3 is 1. The summed E-state index contributed by atoms with van der Waals surface area (Å²) in [4.78, 5) is 0. The van der Waals surface area contributed by atoms with Crippen molar-refractivity contribution < 1.29 is 4.74 Å². The van der Waals surface area contributed by atoms with Gasteiger partial charge in [-0.15, -0.1) is 16.7 Å². The van der Waals surface area contributed by atoms with E-state index >= 15 is 0 Å². The molecule has 0 aromatic carbocycles. The van der Waals surface area contributed by atoms with E-state index < -0.39 is 0 Å². The van der Waals surface area contributed by atoms with Crippen LogP contribution in [0.15, 0.2) is 18.3 Å². The number of alkyl halides is 1. The third kappa shape index (κ3) is 4.39. The molecule has 1 aromatic rings. The number of ether oxygens (including phenoxy) is 1. The van der Waals surface area contributed by atoms with Crippen LogP contribution in [0.5, 0.6) is 0 Å². The minimum absolute atomic E-state index is 0.0455. The highest BCUT2D eigenvalue weighted by molar-refractivity contribution is 6.20. The van der Waals surface area contributed by atoms with Crippen LogP contribution < -0.4 is 5.32 Å². The van der Waals surface area contributed by atoms with Gasteiger partial charge in [-0.3, -0.25) is 0 Å². The van der Waals surface area contributed by atoms with Crippen LogP contribution in [-0.4, -0.2) is 35.8 Å². The standard InChI is InChI=1S/C9H14ClN3O/c1-14-7-8(10)4-6-11-9-3-2-5-12-13-9/h2-3,5,8H,4,6-7H2,1H3,(H,11,13). The predicted molar refractivity (Wildman–Crippen MR) is 56.7 cm³/mol. The van der Waals surface area contributed by atoms with E-state index in [0.717, 1.165) is 18.8 Å². The minimum atomic E-state index is 0.0455. The van der Waals surface area contributed by atoms with Crippen LogP contribution >= 0.6 is 11.6 Å². The van der Waals surface area contributed by atoms with Crippen molar-refractivity contribution in [2.75, 3.05) is 25.6 Å². The number of halogens is 1. The quantitative estimate of drug-likeness (QED) is 0.732. The van der Waals surface area contributed by atoms with E-state index in [4.69, 9.17) is 16.3 Å². The van der Waals surface area contributed by atoms with Crippen LogP contribution in [-0.2, 0) is 4.74 Å². The van der Waals surface area contributed by atoms with E-state index in [0.29, 0.717) is 6.61 Å². The molecular weight excluding hydrogens is 202 g/mol. The number of nitrogens with one attached hydrogen (secondary N) is 1. The summed E-state index contributed by atoms with van der Waals surface area (Å²) in [5.74, 6) is 0.772. The molecule has 0 aliphatic carbocycles. The van der Waals surface area contributed by atoms with Crippen LogP contribution in [0.3, 0.4) is 0 Å². The Labute approximate surface area is 88.6 Å². The summed E-state index contributed by atoms with van der Waals surface area (Å²) in [7, 11) is 1.64. The predicted octanol–water partition coefficient (Wildman–Crippen LogP) is 1.53. The van der Waals surface area contributed by atoms with Crippen LogP contribution in [0.4, 0.5) is 5.82 Å². The zero-order chi connectivity index (χ0) is 10.2. The first-order valence-electron chi connectivity index (χ1n) is 4.47. The summed E-state index contributed by atoms with van der Waals surface area (Å²) in [6, 6.07) is 3.70. The van der Waals surface area contributed by atoms with Gasteiger partial charge in [0, 0.05) is 19.9 Å². The lowest BCUT2D eigenvalue weighted by Crippen LogP contribution is -2.13. The second-order valence-corrected chi connectivity index (χ2v) is 3.49. The Morgan fingerprint density at radius 1 is 1.64 bits per heavy atom. The van der Waals surface area contributed by atoms with Crippen molar-refractivity contribution in [2.45, 2.75) is 11.8 Å². The zero-order valence-electron chi connectivity index (χ0n) is 8.11. The van der Waals surface area contributed by atoms with Gasteiger partial charge in [-0.05, 0) is 18.6 Å². The average Bonchev–Trinajstić information content (AvgIpc) is 2.20. The molecular formula is C9H14ClN3O.